The summed E-state index contributed by atoms with van der Waals surface area (Å²) >= 11 is 0. The molecule has 0 spiro atoms. The van der Waals surface area contributed by atoms with E-state index in [1.165, 1.54) is 30.4 Å². The molecule has 82 valence electrons. The zero-order valence-electron chi connectivity index (χ0n) is 9.33. The minimum atomic E-state index is 0.711. The van der Waals surface area contributed by atoms with E-state index >= 15 is 0 Å². The summed E-state index contributed by atoms with van der Waals surface area (Å²) in [5.74, 6) is 0. The van der Waals surface area contributed by atoms with Gasteiger partial charge < -0.3 is 10.1 Å². The van der Waals surface area contributed by atoms with Crippen LogP contribution in [0.25, 0.3) is 0 Å². The fraction of sp³-hybridized carbons (Fsp3) is 0.538. The summed E-state index contributed by atoms with van der Waals surface area (Å²) in [4.78, 5) is 0. The normalized spacial score (nSPS) is 16.3. The second-order valence-electron chi connectivity index (χ2n) is 4.21. The van der Waals surface area contributed by atoms with Crippen molar-refractivity contribution in [3.05, 3.63) is 35.4 Å². The highest BCUT2D eigenvalue weighted by atomic mass is 16.5. The van der Waals surface area contributed by atoms with Crippen LogP contribution in [-0.4, -0.2) is 13.2 Å². The first-order valence-corrected chi connectivity index (χ1v) is 5.69. The predicted octanol–water partition coefficient (Wildman–Crippen LogP) is 2.48. The molecular formula is C13H19NO. The summed E-state index contributed by atoms with van der Waals surface area (Å²) in [6, 6.07) is 9.24. The molecule has 1 aliphatic rings. The number of hydrogen-bond acceptors (Lipinski definition) is 2. The number of rotatable bonds is 5. The Morgan fingerprint density at radius 2 is 2.00 bits per heavy atom. The molecule has 1 aromatic carbocycles. The van der Waals surface area contributed by atoms with Crippen LogP contribution in [0.3, 0.4) is 0 Å². The molecule has 0 atom stereocenters. The first-order chi connectivity index (χ1) is 7.40. The van der Waals surface area contributed by atoms with E-state index in [0.717, 1.165) is 12.6 Å². The molecule has 2 rings (SSSR count). The SMILES string of the molecule is COCc1ccccc1CNC1CCC1. The largest absolute Gasteiger partial charge is 0.380 e. The minimum Gasteiger partial charge on any atom is -0.380 e. The number of hydrogen-bond donors (Lipinski definition) is 1. The van der Waals surface area contributed by atoms with Gasteiger partial charge >= 0.3 is 0 Å². The summed E-state index contributed by atoms with van der Waals surface area (Å²) in [6.07, 6.45) is 4.07. The van der Waals surface area contributed by atoms with E-state index in [0.29, 0.717) is 6.61 Å². The van der Waals surface area contributed by atoms with E-state index in [2.05, 4.69) is 29.6 Å². The quantitative estimate of drug-likeness (QED) is 0.797. The Bertz CT molecular complexity index is 307. The van der Waals surface area contributed by atoms with Crippen LogP contribution in [0.5, 0.6) is 0 Å². The van der Waals surface area contributed by atoms with Gasteiger partial charge in [-0.25, -0.2) is 0 Å². The Morgan fingerprint density at radius 1 is 1.27 bits per heavy atom. The maximum Gasteiger partial charge on any atom is 0.0716 e. The average molecular weight is 205 g/mol. The molecule has 0 saturated heterocycles. The number of nitrogens with one attached hydrogen (secondary N) is 1. The molecule has 15 heavy (non-hydrogen) atoms. The van der Waals surface area contributed by atoms with Gasteiger partial charge in [0.1, 0.15) is 0 Å². The van der Waals surface area contributed by atoms with E-state index in [1.807, 2.05) is 0 Å². The summed E-state index contributed by atoms with van der Waals surface area (Å²) in [5.41, 5.74) is 2.66. The van der Waals surface area contributed by atoms with Gasteiger partial charge in [-0.15, -0.1) is 0 Å². The lowest BCUT2D eigenvalue weighted by Crippen LogP contribution is -2.34. The maximum absolute atomic E-state index is 5.19. The van der Waals surface area contributed by atoms with Crippen LogP contribution in [0.4, 0.5) is 0 Å². The Hall–Kier alpha value is -0.860. The van der Waals surface area contributed by atoms with Gasteiger partial charge in [0.15, 0.2) is 0 Å². The fourth-order valence-electron chi connectivity index (χ4n) is 1.89. The van der Waals surface area contributed by atoms with Gasteiger partial charge in [0.25, 0.3) is 0 Å². The van der Waals surface area contributed by atoms with Crippen molar-refractivity contribution in [2.45, 2.75) is 38.5 Å². The van der Waals surface area contributed by atoms with Gasteiger partial charge in [0.2, 0.25) is 0 Å². The van der Waals surface area contributed by atoms with Crippen molar-refractivity contribution >= 4 is 0 Å². The van der Waals surface area contributed by atoms with Gasteiger partial charge in [-0.05, 0) is 24.0 Å². The van der Waals surface area contributed by atoms with Crippen molar-refractivity contribution in [3.63, 3.8) is 0 Å². The second-order valence-corrected chi connectivity index (χ2v) is 4.21. The predicted molar refractivity (Wildman–Crippen MR) is 61.6 cm³/mol. The Kier molecular flexibility index (Phi) is 3.75. The fourth-order valence-corrected chi connectivity index (χ4v) is 1.89. The van der Waals surface area contributed by atoms with Crippen LogP contribution in [0.1, 0.15) is 30.4 Å². The number of benzene rings is 1. The third kappa shape index (κ3) is 2.80. The van der Waals surface area contributed by atoms with E-state index in [-0.39, 0.29) is 0 Å². The van der Waals surface area contributed by atoms with Gasteiger partial charge in [-0.3, -0.25) is 0 Å². The first-order valence-electron chi connectivity index (χ1n) is 5.69. The minimum absolute atomic E-state index is 0.711. The van der Waals surface area contributed by atoms with Crippen LogP contribution >= 0.6 is 0 Å². The molecule has 0 amide bonds. The van der Waals surface area contributed by atoms with Gasteiger partial charge in [0.05, 0.1) is 6.61 Å². The molecule has 1 N–H and O–H groups in total. The van der Waals surface area contributed by atoms with Gasteiger partial charge in [0, 0.05) is 19.7 Å². The van der Waals surface area contributed by atoms with Crippen LogP contribution in [-0.2, 0) is 17.9 Å². The number of ether oxygens (including phenoxy) is 1. The highest BCUT2D eigenvalue weighted by Crippen LogP contribution is 2.19. The van der Waals surface area contributed by atoms with Gasteiger partial charge in [-0.1, -0.05) is 30.7 Å². The molecule has 1 aromatic rings. The average Bonchev–Trinajstić information content (AvgIpc) is 2.18. The molecule has 2 heteroatoms. The molecule has 1 aliphatic carbocycles. The molecule has 0 bridgehead atoms. The summed E-state index contributed by atoms with van der Waals surface area (Å²) < 4.78 is 5.19. The first kappa shape index (κ1) is 10.7. The summed E-state index contributed by atoms with van der Waals surface area (Å²) in [6.45, 7) is 1.69. The third-order valence-electron chi connectivity index (χ3n) is 3.10. The van der Waals surface area contributed by atoms with Crippen molar-refractivity contribution < 1.29 is 4.74 Å². The zero-order chi connectivity index (χ0) is 10.5. The van der Waals surface area contributed by atoms with Crippen molar-refractivity contribution in [3.8, 4) is 0 Å². The molecule has 1 fully saturated rings. The van der Waals surface area contributed by atoms with Crippen LogP contribution in [0.2, 0.25) is 0 Å². The van der Waals surface area contributed by atoms with Crippen molar-refractivity contribution in [2.24, 2.45) is 0 Å². The molecule has 0 aliphatic heterocycles. The lowest BCUT2D eigenvalue weighted by Gasteiger charge is -2.27. The van der Waals surface area contributed by atoms with Gasteiger partial charge in [-0.2, -0.15) is 0 Å². The Balaban J connectivity index is 1.92. The molecule has 0 radical (unpaired) electrons. The van der Waals surface area contributed by atoms with Crippen LogP contribution in [0, 0.1) is 0 Å². The maximum atomic E-state index is 5.19. The summed E-state index contributed by atoms with van der Waals surface area (Å²) in [7, 11) is 1.75. The topological polar surface area (TPSA) is 21.3 Å². The highest BCUT2D eigenvalue weighted by Gasteiger charge is 2.16. The standard InChI is InChI=1S/C13H19NO/c1-15-10-12-6-3-2-5-11(12)9-14-13-7-4-8-13/h2-3,5-6,13-14H,4,7-10H2,1H3. The van der Waals surface area contributed by atoms with E-state index in [1.54, 1.807) is 7.11 Å². The Morgan fingerprint density at radius 3 is 2.60 bits per heavy atom. The zero-order valence-corrected chi connectivity index (χ0v) is 9.33. The highest BCUT2D eigenvalue weighted by molar-refractivity contribution is 5.26. The second kappa shape index (κ2) is 5.29. The van der Waals surface area contributed by atoms with Crippen LogP contribution in [0.15, 0.2) is 24.3 Å². The third-order valence-corrected chi connectivity index (χ3v) is 3.10. The monoisotopic (exact) mass is 205 g/mol. The van der Waals surface area contributed by atoms with Crippen molar-refractivity contribution in [2.75, 3.05) is 7.11 Å². The lowest BCUT2D eigenvalue weighted by atomic mass is 9.93. The molecule has 0 unspecified atom stereocenters. The smallest absolute Gasteiger partial charge is 0.0716 e. The van der Waals surface area contributed by atoms with E-state index in [9.17, 15) is 0 Å². The molecule has 0 heterocycles. The number of methoxy groups -OCH3 is 1. The summed E-state index contributed by atoms with van der Waals surface area (Å²) in [5, 5.41) is 3.58. The molecule has 1 saturated carbocycles. The van der Waals surface area contributed by atoms with E-state index < -0.39 is 0 Å². The Labute approximate surface area is 91.6 Å². The van der Waals surface area contributed by atoms with Crippen molar-refractivity contribution in [1.82, 2.24) is 5.32 Å². The lowest BCUT2D eigenvalue weighted by molar-refractivity contribution is 0.184. The van der Waals surface area contributed by atoms with E-state index in [4.69, 9.17) is 4.74 Å². The van der Waals surface area contributed by atoms with Crippen molar-refractivity contribution in [1.29, 1.82) is 0 Å². The molecule has 0 aromatic heterocycles. The van der Waals surface area contributed by atoms with Crippen LogP contribution < -0.4 is 5.32 Å². The molecular weight excluding hydrogens is 186 g/mol. The molecule has 2 nitrogen and oxygen atoms in total.